The summed E-state index contributed by atoms with van der Waals surface area (Å²) >= 11 is 6.52. The number of ether oxygens (including phenoxy) is 2. The number of rotatable bonds is 10. The Morgan fingerprint density at radius 2 is 1.73 bits per heavy atom. The first-order valence-corrected chi connectivity index (χ1v) is 17.1. The van der Waals surface area contributed by atoms with Gasteiger partial charge in [0.25, 0.3) is 5.91 Å². The molecule has 2 amide bonds. The van der Waals surface area contributed by atoms with Gasteiger partial charge in [-0.25, -0.2) is 9.97 Å². The number of halogens is 4. The van der Waals surface area contributed by atoms with Crippen LogP contribution in [0.1, 0.15) is 42.5 Å². The van der Waals surface area contributed by atoms with Crippen molar-refractivity contribution in [3.8, 4) is 28.1 Å². The van der Waals surface area contributed by atoms with Gasteiger partial charge in [0.05, 0.1) is 52.3 Å². The Bertz CT molecular complexity index is 1900. The average molecular weight is 742 g/mol. The van der Waals surface area contributed by atoms with Gasteiger partial charge in [-0.15, -0.1) is 13.2 Å². The molecule has 2 aliphatic heterocycles. The number of nitrogens with one attached hydrogen (secondary N) is 3. The van der Waals surface area contributed by atoms with Gasteiger partial charge < -0.3 is 40.0 Å². The molecule has 4 heterocycles. The van der Waals surface area contributed by atoms with Crippen molar-refractivity contribution < 1.29 is 37.3 Å². The van der Waals surface area contributed by atoms with E-state index in [2.05, 4.69) is 30.3 Å². The summed E-state index contributed by atoms with van der Waals surface area (Å²) in [6, 6.07) is 12.4. The number of aromatic nitrogens is 3. The van der Waals surface area contributed by atoms with Crippen molar-refractivity contribution in [2.45, 2.75) is 38.8 Å². The van der Waals surface area contributed by atoms with Crippen LogP contribution in [0.15, 0.2) is 60.9 Å². The molecule has 2 aliphatic rings. The van der Waals surface area contributed by atoms with Crippen LogP contribution in [0, 0.1) is 5.41 Å². The second kappa shape index (κ2) is 15.1. The smallest absolute Gasteiger partial charge is 0.405 e. The van der Waals surface area contributed by atoms with Gasteiger partial charge in [0.2, 0.25) is 5.91 Å². The summed E-state index contributed by atoms with van der Waals surface area (Å²) in [5, 5.41) is 15.5. The van der Waals surface area contributed by atoms with Gasteiger partial charge in [0, 0.05) is 57.7 Å². The Labute approximate surface area is 303 Å². The molecule has 2 saturated heterocycles. The maximum Gasteiger partial charge on any atom is 0.573 e. The summed E-state index contributed by atoms with van der Waals surface area (Å²) < 4.78 is 50.5. The van der Waals surface area contributed by atoms with Gasteiger partial charge in [-0.1, -0.05) is 35.9 Å². The molecule has 0 radical (unpaired) electrons. The number of piperazine rings is 1. The highest BCUT2D eigenvalue weighted by Crippen LogP contribution is 2.40. The lowest BCUT2D eigenvalue weighted by Crippen LogP contribution is -2.53. The zero-order valence-corrected chi connectivity index (χ0v) is 29.5. The quantitative estimate of drug-likeness (QED) is 0.162. The van der Waals surface area contributed by atoms with Crippen molar-refractivity contribution in [3.05, 3.63) is 77.3 Å². The van der Waals surface area contributed by atoms with Gasteiger partial charge in [-0.3, -0.25) is 9.59 Å². The SMILES string of the molecule is COC1CNC(c2ncc(-c3ccc(-c4cc(Cl)c(NC(=O)c5ccc(N6CCN(C(=O)C(C)(C)CO)CC6)nc5)cc4OC(F)(F)F)cc3)[nH]2)C1. The van der Waals surface area contributed by atoms with Crippen molar-refractivity contribution in [1.82, 2.24) is 25.2 Å². The number of amides is 2. The number of aliphatic hydroxyl groups excluding tert-OH is 1. The summed E-state index contributed by atoms with van der Waals surface area (Å²) in [5.74, 6) is 0.0570. The first kappa shape index (κ1) is 37.1. The van der Waals surface area contributed by atoms with Crippen LogP contribution in [-0.2, 0) is 9.53 Å². The lowest BCUT2D eigenvalue weighted by atomic mass is 9.92. The Morgan fingerprint density at radius 1 is 1.02 bits per heavy atom. The number of hydrogen-bond donors (Lipinski definition) is 4. The maximum atomic E-state index is 13.6. The predicted octanol–water partition coefficient (Wildman–Crippen LogP) is 5.66. The Kier molecular flexibility index (Phi) is 10.8. The molecule has 2 atom stereocenters. The lowest BCUT2D eigenvalue weighted by Gasteiger charge is -2.38. The van der Waals surface area contributed by atoms with E-state index in [-0.39, 0.29) is 46.5 Å². The van der Waals surface area contributed by atoms with Crippen LogP contribution < -0.4 is 20.3 Å². The summed E-state index contributed by atoms with van der Waals surface area (Å²) in [6.45, 7) is 5.79. The second-order valence-corrected chi connectivity index (χ2v) is 13.8. The lowest BCUT2D eigenvalue weighted by molar-refractivity contribution is -0.274. The molecule has 6 rings (SSSR count). The molecule has 0 aliphatic carbocycles. The molecule has 4 N–H and O–H groups in total. The third-order valence-electron chi connectivity index (χ3n) is 9.27. The van der Waals surface area contributed by atoms with Crippen LogP contribution in [0.2, 0.25) is 5.02 Å². The van der Waals surface area contributed by atoms with Gasteiger partial charge in [0.1, 0.15) is 17.4 Å². The number of nitrogens with zero attached hydrogens (tertiary/aromatic N) is 4. The van der Waals surface area contributed by atoms with E-state index in [1.807, 2.05) is 4.90 Å². The molecule has 0 bridgehead atoms. The summed E-state index contributed by atoms with van der Waals surface area (Å²) in [5.41, 5.74) is 1.21. The Balaban J connectivity index is 1.14. The first-order valence-electron chi connectivity index (χ1n) is 16.7. The predicted molar refractivity (Wildman–Crippen MR) is 189 cm³/mol. The fourth-order valence-electron chi connectivity index (χ4n) is 6.20. The monoisotopic (exact) mass is 741 g/mol. The number of carbonyl (C=O) groups excluding carboxylic acids is 2. The van der Waals surface area contributed by atoms with Crippen LogP contribution in [0.5, 0.6) is 5.75 Å². The number of carbonyl (C=O) groups is 2. The van der Waals surface area contributed by atoms with Crippen LogP contribution in [0.4, 0.5) is 24.7 Å². The standard InChI is InChI=1S/C36H39ClF3N7O5/c1-35(2,20-48)34(50)47-12-10-46(11-13-47)31-9-8-23(17-42-31)33(49)45-27-16-30(52-36(38,39)40)25(15-26(27)37)21-4-6-22(7-5-21)29-19-43-32(44-29)28-14-24(51-3)18-41-28/h4-9,15-17,19,24,28,41,48H,10-14,18,20H2,1-3H3,(H,43,44)(H,45,49). The minimum Gasteiger partial charge on any atom is -0.405 e. The van der Waals surface area contributed by atoms with E-state index >= 15 is 0 Å². The molecule has 0 spiro atoms. The number of hydrogen-bond acceptors (Lipinski definition) is 9. The van der Waals surface area contributed by atoms with Gasteiger partial charge >= 0.3 is 6.36 Å². The van der Waals surface area contributed by atoms with E-state index in [1.54, 1.807) is 68.5 Å². The number of H-pyrrole nitrogens is 1. The topological polar surface area (TPSA) is 145 Å². The molecular weight excluding hydrogens is 703 g/mol. The largest absolute Gasteiger partial charge is 0.573 e. The van der Waals surface area contributed by atoms with Crippen molar-refractivity contribution >= 4 is 34.9 Å². The molecule has 52 heavy (non-hydrogen) atoms. The summed E-state index contributed by atoms with van der Waals surface area (Å²) in [4.78, 5) is 41.7. The van der Waals surface area contributed by atoms with Crippen molar-refractivity contribution in [3.63, 3.8) is 0 Å². The maximum absolute atomic E-state index is 13.6. The Morgan fingerprint density at radius 3 is 2.35 bits per heavy atom. The average Bonchev–Trinajstić information content (AvgIpc) is 3.83. The molecular formula is C36H39ClF3N7O5. The number of alkyl halides is 3. The number of benzene rings is 2. The molecule has 276 valence electrons. The molecule has 16 heteroatoms. The van der Waals surface area contributed by atoms with E-state index in [1.165, 1.54) is 12.3 Å². The Hall–Kier alpha value is -4.70. The van der Waals surface area contributed by atoms with Gasteiger partial charge in [0.15, 0.2) is 0 Å². The van der Waals surface area contributed by atoms with E-state index < -0.39 is 23.4 Å². The third kappa shape index (κ3) is 8.33. The fraction of sp³-hybridized carbons (Fsp3) is 0.389. The van der Waals surface area contributed by atoms with Crippen LogP contribution in [0.25, 0.3) is 22.4 Å². The zero-order valence-electron chi connectivity index (χ0n) is 28.8. The molecule has 12 nitrogen and oxygen atoms in total. The van der Waals surface area contributed by atoms with E-state index in [0.29, 0.717) is 37.6 Å². The number of anilines is 2. The molecule has 2 unspecified atom stereocenters. The highest BCUT2D eigenvalue weighted by atomic mass is 35.5. The third-order valence-corrected chi connectivity index (χ3v) is 9.59. The van der Waals surface area contributed by atoms with Crippen molar-refractivity contribution in [2.24, 2.45) is 5.41 Å². The highest BCUT2D eigenvalue weighted by Gasteiger charge is 2.34. The fourth-order valence-corrected chi connectivity index (χ4v) is 6.41. The highest BCUT2D eigenvalue weighted by molar-refractivity contribution is 6.34. The van der Waals surface area contributed by atoms with Crippen LogP contribution >= 0.6 is 11.6 Å². The molecule has 0 saturated carbocycles. The molecule has 4 aromatic rings. The summed E-state index contributed by atoms with van der Waals surface area (Å²) in [7, 11) is 1.67. The zero-order chi connectivity index (χ0) is 37.2. The minimum absolute atomic E-state index is 0.0000367. The number of imidazole rings is 1. The number of aliphatic hydroxyl groups is 1. The minimum atomic E-state index is -5.01. The second-order valence-electron chi connectivity index (χ2n) is 13.4. The van der Waals surface area contributed by atoms with E-state index in [4.69, 9.17) is 16.3 Å². The van der Waals surface area contributed by atoms with Crippen molar-refractivity contribution in [1.29, 1.82) is 0 Å². The van der Waals surface area contributed by atoms with Gasteiger partial charge in [-0.05, 0) is 49.6 Å². The molecule has 2 aromatic heterocycles. The molecule has 2 aromatic carbocycles. The number of pyridine rings is 1. The summed E-state index contributed by atoms with van der Waals surface area (Å²) in [6.07, 6.45) is -1.07. The number of methoxy groups -OCH3 is 1. The van der Waals surface area contributed by atoms with E-state index in [0.717, 1.165) is 36.1 Å². The van der Waals surface area contributed by atoms with Gasteiger partial charge in [-0.2, -0.15) is 0 Å². The normalized spacial score (nSPS) is 18.1. The number of aromatic amines is 1. The first-order chi connectivity index (χ1) is 24.7. The van der Waals surface area contributed by atoms with E-state index in [9.17, 15) is 27.9 Å². The van der Waals surface area contributed by atoms with Crippen LogP contribution in [-0.4, -0.2) is 95.7 Å². The van der Waals surface area contributed by atoms with Crippen molar-refractivity contribution in [2.75, 3.05) is 56.7 Å². The van der Waals surface area contributed by atoms with Crippen LogP contribution in [0.3, 0.4) is 0 Å². The molecule has 2 fully saturated rings.